The van der Waals surface area contributed by atoms with Gasteiger partial charge in [-0.25, -0.2) is 0 Å². The zero-order chi connectivity index (χ0) is 41.2. The van der Waals surface area contributed by atoms with Crippen LogP contribution in [0.4, 0.5) is 0 Å². The highest BCUT2D eigenvalue weighted by molar-refractivity contribution is 5.77. The number of quaternary nitrogens is 1. The third kappa shape index (κ3) is 36.1. The second kappa shape index (κ2) is 40.9. The quantitative estimate of drug-likeness (QED) is 0.0208. The Balaban J connectivity index is 4.34. The molecule has 0 aromatic rings. The molecule has 0 aliphatic heterocycles. The van der Waals surface area contributed by atoms with Gasteiger partial charge in [0, 0.05) is 19.9 Å². The van der Waals surface area contributed by atoms with E-state index in [4.69, 9.17) is 9.47 Å². The summed E-state index contributed by atoms with van der Waals surface area (Å²) < 4.78 is 11.0. The number of amides is 1. The van der Waals surface area contributed by atoms with Crippen molar-refractivity contribution in [1.29, 1.82) is 0 Å². The van der Waals surface area contributed by atoms with Gasteiger partial charge in [0.2, 0.25) is 0 Å². The minimum atomic E-state index is -0.268. The zero-order valence-corrected chi connectivity index (χ0v) is 36.7. The molecule has 1 atom stereocenters. The van der Waals surface area contributed by atoms with E-state index in [1.807, 2.05) is 0 Å². The van der Waals surface area contributed by atoms with Crippen LogP contribution >= 0.6 is 0 Å². The molecule has 0 fully saturated rings. The van der Waals surface area contributed by atoms with Crippen LogP contribution in [-0.2, 0) is 23.9 Å². The van der Waals surface area contributed by atoms with Crippen LogP contribution in [-0.4, -0.2) is 97.1 Å². The average molecular weight is 793 g/mol. The van der Waals surface area contributed by atoms with Gasteiger partial charge in [-0.05, 0) is 70.8 Å². The Labute approximate surface area is 344 Å². The van der Waals surface area contributed by atoms with E-state index < -0.39 is 0 Å². The van der Waals surface area contributed by atoms with E-state index in [-0.39, 0.29) is 74.9 Å². The largest absolute Gasteiger partial charge is 0.464 e. The molecule has 0 aromatic carbocycles. The first-order valence-electron chi connectivity index (χ1n) is 23.1. The minimum Gasteiger partial charge on any atom is -0.464 e. The molecule has 0 bridgehead atoms. The van der Waals surface area contributed by atoms with Gasteiger partial charge in [0.1, 0.15) is 19.8 Å². The highest BCUT2D eigenvalue weighted by Crippen LogP contribution is 2.13. The molecule has 1 unspecified atom stereocenters. The molecule has 2 N–H and O–H groups in total. The van der Waals surface area contributed by atoms with Gasteiger partial charge in [-0.1, -0.05) is 141 Å². The fraction of sp³-hybridized carbons (Fsp3) is 0.830. The fourth-order valence-corrected chi connectivity index (χ4v) is 6.79. The predicted molar refractivity (Wildman–Crippen MR) is 232 cm³/mol. The van der Waals surface area contributed by atoms with Crippen LogP contribution in [0.5, 0.6) is 0 Å². The van der Waals surface area contributed by atoms with Crippen LogP contribution in [0.3, 0.4) is 0 Å². The number of nitrogens with zero attached hydrogens (tertiary/aromatic N) is 2. The molecule has 1 amide bonds. The molecule has 0 saturated carbocycles. The SMILES string of the molecule is CCCCCCCC/C=C\CCCCCCCC(=O)OCCN(CCOC(=O)CCCCCCC/C=C\CCCCCCCC)C(=O)C[N+](C)([CH-]CO)CCO. The van der Waals surface area contributed by atoms with Crippen molar-refractivity contribution in [2.75, 3.05) is 59.7 Å². The number of likely N-dealkylation sites (N-methyl/N-ethyl adjacent to an activating group) is 1. The van der Waals surface area contributed by atoms with Gasteiger partial charge in [-0.15, -0.1) is 6.54 Å². The highest BCUT2D eigenvalue weighted by atomic mass is 16.5. The molecular weight excluding hydrogens is 705 g/mol. The molecule has 0 saturated heterocycles. The van der Waals surface area contributed by atoms with Gasteiger partial charge in [-0.3, -0.25) is 14.4 Å². The van der Waals surface area contributed by atoms with Crippen LogP contribution in [0.25, 0.3) is 0 Å². The second-order valence-corrected chi connectivity index (χ2v) is 15.9. The number of esters is 2. The van der Waals surface area contributed by atoms with Crippen molar-refractivity contribution in [3.8, 4) is 0 Å². The van der Waals surface area contributed by atoms with E-state index in [0.717, 1.165) is 64.2 Å². The highest BCUT2D eigenvalue weighted by Gasteiger charge is 2.23. The van der Waals surface area contributed by atoms with Crippen molar-refractivity contribution >= 4 is 17.8 Å². The molecule has 0 rings (SSSR count). The van der Waals surface area contributed by atoms with Gasteiger partial charge < -0.3 is 29.1 Å². The van der Waals surface area contributed by atoms with Crippen molar-refractivity contribution in [2.45, 2.75) is 194 Å². The van der Waals surface area contributed by atoms with Gasteiger partial charge in [0.15, 0.2) is 0 Å². The maximum Gasteiger partial charge on any atom is 0.305 e. The lowest BCUT2D eigenvalue weighted by atomic mass is 10.1. The van der Waals surface area contributed by atoms with E-state index in [0.29, 0.717) is 12.8 Å². The molecule has 0 aliphatic carbocycles. The van der Waals surface area contributed by atoms with E-state index in [9.17, 15) is 24.6 Å². The van der Waals surface area contributed by atoms with Crippen molar-refractivity contribution in [1.82, 2.24) is 4.90 Å². The molecule has 328 valence electrons. The normalized spacial score (nSPS) is 12.7. The molecule has 0 aliphatic rings. The number of aliphatic hydroxyl groups is 2. The Kier molecular flexibility index (Phi) is 39.3. The Morgan fingerprint density at radius 2 is 0.911 bits per heavy atom. The molecule has 9 nitrogen and oxygen atoms in total. The summed E-state index contributed by atoms with van der Waals surface area (Å²) in [5.41, 5.74) is 0. The first kappa shape index (κ1) is 53.8. The molecule has 56 heavy (non-hydrogen) atoms. The van der Waals surface area contributed by atoms with Crippen molar-refractivity contribution < 1.29 is 38.6 Å². The topological polar surface area (TPSA) is 113 Å². The Bertz CT molecular complexity index is 906. The molecule has 9 heteroatoms. The van der Waals surface area contributed by atoms with Crippen LogP contribution in [0.1, 0.15) is 194 Å². The number of hydrogen-bond acceptors (Lipinski definition) is 7. The Morgan fingerprint density at radius 1 is 0.554 bits per heavy atom. The fourth-order valence-electron chi connectivity index (χ4n) is 6.79. The van der Waals surface area contributed by atoms with Crippen LogP contribution in [0.15, 0.2) is 24.3 Å². The number of carbonyl (C=O) groups excluding carboxylic acids is 3. The number of ether oxygens (including phenoxy) is 2. The smallest absolute Gasteiger partial charge is 0.305 e. The van der Waals surface area contributed by atoms with Crippen LogP contribution < -0.4 is 0 Å². The number of hydrogen-bond donors (Lipinski definition) is 2. The number of rotatable bonds is 42. The van der Waals surface area contributed by atoms with Crippen LogP contribution in [0.2, 0.25) is 0 Å². The first-order chi connectivity index (χ1) is 27.3. The lowest BCUT2D eigenvalue weighted by Crippen LogP contribution is -2.52. The summed E-state index contributed by atoms with van der Waals surface area (Å²) in [6.45, 7) is 6.50. The number of aliphatic hydroxyl groups excluding tert-OH is 2. The monoisotopic (exact) mass is 793 g/mol. The second-order valence-electron chi connectivity index (χ2n) is 15.9. The Hall–Kier alpha value is -2.23. The van der Waals surface area contributed by atoms with Gasteiger partial charge in [0.25, 0.3) is 5.91 Å². The number of carbonyl (C=O) groups is 3. The Morgan fingerprint density at radius 3 is 1.27 bits per heavy atom. The minimum absolute atomic E-state index is 0.0207. The average Bonchev–Trinajstić information content (AvgIpc) is 3.17. The summed E-state index contributed by atoms with van der Waals surface area (Å²) in [6.07, 6.45) is 41.2. The van der Waals surface area contributed by atoms with Gasteiger partial charge >= 0.3 is 11.9 Å². The van der Waals surface area contributed by atoms with E-state index >= 15 is 0 Å². The lowest BCUT2D eigenvalue weighted by Gasteiger charge is -2.43. The van der Waals surface area contributed by atoms with E-state index in [1.54, 1.807) is 18.5 Å². The summed E-state index contributed by atoms with van der Waals surface area (Å²) in [5, 5.41) is 19.0. The van der Waals surface area contributed by atoms with Gasteiger partial charge in [0.05, 0.1) is 26.2 Å². The third-order valence-electron chi connectivity index (χ3n) is 10.5. The predicted octanol–water partition coefficient (Wildman–Crippen LogP) is 10.6. The van der Waals surface area contributed by atoms with Gasteiger partial charge in [-0.2, -0.15) is 0 Å². The summed E-state index contributed by atoms with van der Waals surface area (Å²) in [7, 11) is 1.77. The molecule has 0 spiro atoms. The standard InChI is InChI=1S/C47H88N2O7/c1-4-6-8-10-12-14-16-18-20-22-24-26-28-30-32-34-46(53)55-42-36-48(45(52)44-49(3,38-40-50)39-41-51)37-43-56-47(54)35-33-31-29-27-25-23-21-19-17-15-13-11-9-7-5-2/h18-21,38,50-51H,4-17,22-37,39-44H2,1-3H3/b20-18-,21-19-. The van der Waals surface area contributed by atoms with Crippen molar-refractivity contribution in [3.05, 3.63) is 30.8 Å². The zero-order valence-electron chi connectivity index (χ0n) is 36.7. The molecule has 0 aromatic heterocycles. The third-order valence-corrected chi connectivity index (χ3v) is 10.5. The maximum atomic E-state index is 13.4. The van der Waals surface area contributed by atoms with Crippen molar-refractivity contribution in [2.24, 2.45) is 0 Å². The lowest BCUT2D eigenvalue weighted by molar-refractivity contribution is -0.874. The van der Waals surface area contributed by atoms with Crippen molar-refractivity contribution in [3.63, 3.8) is 0 Å². The molecule has 0 heterocycles. The number of unbranched alkanes of at least 4 members (excludes halogenated alkanes) is 22. The molecule has 0 radical (unpaired) electrons. The molecular formula is C47H88N2O7. The summed E-state index contributed by atoms with van der Waals surface area (Å²) in [6, 6.07) is 0. The van der Waals surface area contributed by atoms with E-state index in [1.165, 1.54) is 103 Å². The summed E-state index contributed by atoms with van der Waals surface area (Å²) >= 11 is 0. The first-order valence-corrected chi connectivity index (χ1v) is 23.1. The van der Waals surface area contributed by atoms with E-state index in [2.05, 4.69) is 38.2 Å². The maximum absolute atomic E-state index is 13.4. The van der Waals surface area contributed by atoms with Crippen LogP contribution in [0, 0.1) is 6.54 Å². The summed E-state index contributed by atoms with van der Waals surface area (Å²) in [5.74, 6) is -0.765. The number of allylic oxidation sites excluding steroid dienone is 4. The summed E-state index contributed by atoms with van der Waals surface area (Å²) in [4.78, 5) is 39.8.